The summed E-state index contributed by atoms with van der Waals surface area (Å²) in [4.78, 5) is 11.6. The summed E-state index contributed by atoms with van der Waals surface area (Å²) in [5.41, 5.74) is 5.08. The summed E-state index contributed by atoms with van der Waals surface area (Å²) in [7, 11) is 4.78. The largest absolute Gasteiger partial charge is 0.497 e. The van der Waals surface area contributed by atoms with Crippen molar-refractivity contribution in [3.8, 4) is 11.5 Å². The molecular formula is C12H18N2O3. The third-order valence-corrected chi connectivity index (χ3v) is 2.94. The van der Waals surface area contributed by atoms with E-state index in [4.69, 9.17) is 15.2 Å². The second-order valence-corrected chi connectivity index (χ2v) is 3.81. The molecule has 17 heavy (non-hydrogen) atoms. The molecule has 1 atom stereocenters. The van der Waals surface area contributed by atoms with Gasteiger partial charge in [-0.05, 0) is 32.2 Å². The van der Waals surface area contributed by atoms with Gasteiger partial charge in [0.05, 0.1) is 14.2 Å². The van der Waals surface area contributed by atoms with Crippen molar-refractivity contribution in [2.45, 2.75) is 12.5 Å². The standard InChI is InChI=1S/C12H18N2O3/c1-12(14-2,11(13)15)9-7-8(16-3)5-6-10(9)17-4/h5-7,14H,1-4H3,(H2,13,15). The summed E-state index contributed by atoms with van der Waals surface area (Å²) in [5.74, 6) is 0.747. The van der Waals surface area contributed by atoms with Crippen LogP contribution >= 0.6 is 0 Å². The molecule has 0 spiro atoms. The molecule has 1 amide bonds. The number of primary amides is 1. The molecule has 0 saturated carbocycles. The number of hydrogen-bond acceptors (Lipinski definition) is 4. The van der Waals surface area contributed by atoms with Gasteiger partial charge in [-0.1, -0.05) is 0 Å². The normalized spacial score (nSPS) is 13.9. The van der Waals surface area contributed by atoms with Crippen molar-refractivity contribution in [1.82, 2.24) is 5.32 Å². The predicted octanol–water partition coefficient (Wildman–Crippen LogP) is 0.624. The van der Waals surface area contributed by atoms with Crippen molar-refractivity contribution in [2.24, 2.45) is 5.73 Å². The van der Waals surface area contributed by atoms with E-state index in [9.17, 15) is 4.79 Å². The van der Waals surface area contributed by atoms with Gasteiger partial charge in [-0.25, -0.2) is 0 Å². The van der Waals surface area contributed by atoms with Gasteiger partial charge in [0, 0.05) is 5.56 Å². The van der Waals surface area contributed by atoms with Crippen LogP contribution in [0.5, 0.6) is 11.5 Å². The molecule has 1 unspecified atom stereocenters. The molecule has 0 aliphatic carbocycles. The van der Waals surface area contributed by atoms with E-state index in [1.165, 1.54) is 0 Å². The highest BCUT2D eigenvalue weighted by molar-refractivity contribution is 5.86. The van der Waals surface area contributed by atoms with Crippen LogP contribution in [0.4, 0.5) is 0 Å². The van der Waals surface area contributed by atoms with Gasteiger partial charge in [0.25, 0.3) is 0 Å². The molecule has 1 aromatic rings. The van der Waals surface area contributed by atoms with Crippen LogP contribution in [0.25, 0.3) is 0 Å². The van der Waals surface area contributed by atoms with Gasteiger partial charge in [0.2, 0.25) is 5.91 Å². The maximum Gasteiger partial charge on any atom is 0.242 e. The zero-order chi connectivity index (χ0) is 13.1. The van der Waals surface area contributed by atoms with Crippen molar-refractivity contribution in [1.29, 1.82) is 0 Å². The molecule has 94 valence electrons. The van der Waals surface area contributed by atoms with E-state index in [2.05, 4.69) is 5.32 Å². The van der Waals surface area contributed by atoms with E-state index in [1.54, 1.807) is 46.4 Å². The van der Waals surface area contributed by atoms with Gasteiger partial charge >= 0.3 is 0 Å². The third kappa shape index (κ3) is 2.34. The summed E-state index contributed by atoms with van der Waals surface area (Å²) in [5, 5.41) is 2.91. The quantitative estimate of drug-likeness (QED) is 0.789. The van der Waals surface area contributed by atoms with Crippen molar-refractivity contribution >= 4 is 5.91 Å². The lowest BCUT2D eigenvalue weighted by atomic mass is 9.90. The Morgan fingerprint density at radius 3 is 2.41 bits per heavy atom. The second kappa shape index (κ2) is 5.05. The maximum atomic E-state index is 11.6. The second-order valence-electron chi connectivity index (χ2n) is 3.81. The van der Waals surface area contributed by atoms with Gasteiger partial charge in [0.1, 0.15) is 17.0 Å². The molecule has 0 saturated heterocycles. The van der Waals surface area contributed by atoms with E-state index < -0.39 is 11.4 Å². The minimum atomic E-state index is -1.00. The third-order valence-electron chi connectivity index (χ3n) is 2.94. The summed E-state index contributed by atoms with van der Waals surface area (Å²) in [6, 6.07) is 5.24. The molecule has 0 aliphatic heterocycles. The number of nitrogens with two attached hydrogens (primary N) is 1. The molecule has 0 heterocycles. The van der Waals surface area contributed by atoms with Crippen molar-refractivity contribution in [2.75, 3.05) is 21.3 Å². The molecule has 1 aromatic carbocycles. The molecule has 3 N–H and O–H groups in total. The molecule has 0 aliphatic rings. The number of methoxy groups -OCH3 is 2. The molecule has 5 heteroatoms. The van der Waals surface area contributed by atoms with Gasteiger partial charge in [0.15, 0.2) is 0 Å². The molecule has 5 nitrogen and oxygen atoms in total. The van der Waals surface area contributed by atoms with E-state index in [1.807, 2.05) is 0 Å². The van der Waals surface area contributed by atoms with Crippen LogP contribution in [0.3, 0.4) is 0 Å². The van der Waals surface area contributed by atoms with E-state index >= 15 is 0 Å². The first kappa shape index (κ1) is 13.3. The average molecular weight is 238 g/mol. The van der Waals surface area contributed by atoms with Gasteiger partial charge in [-0.2, -0.15) is 0 Å². The summed E-state index contributed by atoms with van der Waals surface area (Å²) >= 11 is 0. The number of carbonyl (C=O) groups excluding carboxylic acids is 1. The summed E-state index contributed by atoms with van der Waals surface area (Å²) in [6.45, 7) is 1.70. The number of hydrogen-bond donors (Lipinski definition) is 2. The number of ether oxygens (including phenoxy) is 2. The first-order chi connectivity index (χ1) is 7.99. The van der Waals surface area contributed by atoms with Gasteiger partial charge in [-0.15, -0.1) is 0 Å². The van der Waals surface area contributed by atoms with E-state index in [0.29, 0.717) is 17.1 Å². The Kier molecular flexibility index (Phi) is 3.96. The van der Waals surface area contributed by atoms with Crippen LogP contribution in [-0.2, 0) is 10.3 Å². The zero-order valence-corrected chi connectivity index (χ0v) is 10.5. The zero-order valence-electron chi connectivity index (χ0n) is 10.5. The van der Waals surface area contributed by atoms with E-state index in [-0.39, 0.29) is 0 Å². The fourth-order valence-corrected chi connectivity index (χ4v) is 1.60. The van der Waals surface area contributed by atoms with Crippen LogP contribution in [0.15, 0.2) is 18.2 Å². The Bertz CT molecular complexity index is 420. The van der Waals surface area contributed by atoms with Gasteiger partial charge < -0.3 is 20.5 Å². The fourth-order valence-electron chi connectivity index (χ4n) is 1.60. The summed E-state index contributed by atoms with van der Waals surface area (Å²) in [6.07, 6.45) is 0. The number of carbonyl (C=O) groups is 1. The van der Waals surface area contributed by atoms with Crippen LogP contribution in [0, 0.1) is 0 Å². The average Bonchev–Trinajstić information content (AvgIpc) is 2.36. The molecule has 1 rings (SSSR count). The Balaban J connectivity index is 3.39. The summed E-state index contributed by atoms with van der Waals surface area (Å²) < 4.78 is 10.4. The van der Waals surface area contributed by atoms with Crippen LogP contribution in [-0.4, -0.2) is 27.2 Å². The molecular weight excluding hydrogens is 220 g/mol. The minimum Gasteiger partial charge on any atom is -0.497 e. The molecule has 0 aromatic heterocycles. The van der Waals surface area contributed by atoms with Crippen molar-refractivity contribution in [3.05, 3.63) is 23.8 Å². The molecule has 0 bridgehead atoms. The lowest BCUT2D eigenvalue weighted by Gasteiger charge is -2.28. The Morgan fingerprint density at radius 1 is 1.35 bits per heavy atom. The minimum absolute atomic E-state index is 0.480. The highest BCUT2D eigenvalue weighted by Crippen LogP contribution is 2.32. The highest BCUT2D eigenvalue weighted by Gasteiger charge is 2.34. The number of nitrogens with one attached hydrogen (secondary N) is 1. The number of benzene rings is 1. The fraction of sp³-hybridized carbons (Fsp3) is 0.417. The SMILES string of the molecule is CNC(C)(C(N)=O)c1cc(OC)ccc1OC. The number of amides is 1. The maximum absolute atomic E-state index is 11.6. The van der Waals surface area contributed by atoms with Crippen LogP contribution in [0.1, 0.15) is 12.5 Å². The van der Waals surface area contributed by atoms with Gasteiger partial charge in [-0.3, -0.25) is 4.79 Å². The van der Waals surface area contributed by atoms with E-state index in [0.717, 1.165) is 0 Å². The predicted molar refractivity (Wildman–Crippen MR) is 65.2 cm³/mol. The van der Waals surface area contributed by atoms with Crippen LogP contribution < -0.4 is 20.5 Å². The monoisotopic (exact) mass is 238 g/mol. The molecule has 0 fully saturated rings. The first-order valence-corrected chi connectivity index (χ1v) is 5.21. The lowest BCUT2D eigenvalue weighted by molar-refractivity contribution is -0.124. The Hall–Kier alpha value is -1.75. The Labute approximate surface area is 101 Å². The van der Waals surface area contributed by atoms with Crippen molar-refractivity contribution in [3.63, 3.8) is 0 Å². The first-order valence-electron chi connectivity index (χ1n) is 5.21. The Morgan fingerprint density at radius 2 is 2.00 bits per heavy atom. The highest BCUT2D eigenvalue weighted by atomic mass is 16.5. The van der Waals surface area contributed by atoms with Crippen molar-refractivity contribution < 1.29 is 14.3 Å². The number of likely N-dealkylation sites (N-methyl/N-ethyl adjacent to an activating group) is 1. The topological polar surface area (TPSA) is 73.6 Å². The number of rotatable bonds is 5. The lowest BCUT2D eigenvalue weighted by Crippen LogP contribution is -2.48. The van der Waals surface area contributed by atoms with Crippen LogP contribution in [0.2, 0.25) is 0 Å². The molecule has 0 radical (unpaired) electrons. The smallest absolute Gasteiger partial charge is 0.242 e.